The molecule has 1 amide bonds. The third-order valence-electron chi connectivity index (χ3n) is 1.99. The first-order chi connectivity index (χ1) is 7.30. The van der Waals surface area contributed by atoms with Gasteiger partial charge in [-0.2, -0.15) is 0 Å². The summed E-state index contributed by atoms with van der Waals surface area (Å²) in [4.78, 5) is 15.3. The molecule has 1 N–H and O–H groups in total. The average molecular weight is 263 g/mol. The second kappa shape index (κ2) is 4.80. The summed E-state index contributed by atoms with van der Waals surface area (Å²) >= 11 is 5.61. The van der Waals surface area contributed by atoms with Gasteiger partial charge in [0, 0.05) is 12.5 Å². The number of carbonyl (C=O) groups is 1. The molecule has 1 atom stereocenters. The molecule has 1 unspecified atom stereocenters. The molecule has 1 rings (SSSR count). The second-order valence-electron chi connectivity index (χ2n) is 3.32. The van der Waals surface area contributed by atoms with Gasteiger partial charge < -0.3 is 5.32 Å². The molecule has 1 heterocycles. The Bertz CT molecular complexity index is 484. The molecule has 0 aromatic carbocycles. The minimum absolute atomic E-state index is 0.268. The van der Waals surface area contributed by atoms with Crippen molar-refractivity contribution in [3.05, 3.63) is 23.4 Å². The topological polar surface area (TPSA) is 76.1 Å². The van der Waals surface area contributed by atoms with Gasteiger partial charge in [0.1, 0.15) is 11.1 Å². The lowest BCUT2D eigenvalue weighted by molar-refractivity contribution is -0.115. The van der Waals surface area contributed by atoms with Crippen LogP contribution in [0.1, 0.15) is 6.92 Å². The molecule has 7 heteroatoms. The van der Waals surface area contributed by atoms with Crippen LogP contribution >= 0.6 is 11.6 Å². The Kier molecular flexibility index (Phi) is 3.88. The van der Waals surface area contributed by atoms with Crippen LogP contribution < -0.4 is 5.32 Å². The van der Waals surface area contributed by atoms with Crippen molar-refractivity contribution in [1.82, 2.24) is 4.98 Å². The lowest BCUT2D eigenvalue weighted by atomic mass is 10.4. The van der Waals surface area contributed by atoms with Gasteiger partial charge in [-0.15, -0.1) is 0 Å². The highest BCUT2D eigenvalue weighted by Crippen LogP contribution is 2.10. The van der Waals surface area contributed by atoms with Crippen molar-refractivity contribution < 1.29 is 13.2 Å². The Morgan fingerprint density at radius 2 is 2.12 bits per heavy atom. The van der Waals surface area contributed by atoms with E-state index in [1.807, 2.05) is 0 Å². The van der Waals surface area contributed by atoms with Crippen molar-refractivity contribution in [2.45, 2.75) is 12.2 Å². The number of aromatic nitrogens is 1. The second-order valence-corrected chi connectivity index (χ2v) is 6.13. The molecule has 0 fully saturated rings. The van der Waals surface area contributed by atoms with Gasteiger partial charge in [-0.1, -0.05) is 11.6 Å². The Morgan fingerprint density at radius 1 is 1.50 bits per heavy atom. The van der Waals surface area contributed by atoms with Crippen molar-refractivity contribution in [3.8, 4) is 0 Å². The van der Waals surface area contributed by atoms with Crippen LogP contribution in [-0.4, -0.2) is 30.8 Å². The Labute approximate surface area is 98.8 Å². The summed E-state index contributed by atoms with van der Waals surface area (Å²) in [6.45, 7) is 1.32. The molecule has 1 aromatic heterocycles. The maximum atomic E-state index is 11.5. The molecule has 0 aliphatic heterocycles. The van der Waals surface area contributed by atoms with E-state index in [0.717, 1.165) is 6.26 Å². The van der Waals surface area contributed by atoms with Crippen LogP contribution in [0.3, 0.4) is 0 Å². The van der Waals surface area contributed by atoms with Gasteiger partial charge in [-0.3, -0.25) is 4.79 Å². The first-order valence-corrected chi connectivity index (χ1v) is 6.75. The van der Waals surface area contributed by atoms with E-state index in [1.165, 1.54) is 19.2 Å². The first kappa shape index (κ1) is 12.9. The van der Waals surface area contributed by atoms with Gasteiger partial charge in [0.2, 0.25) is 5.91 Å². The molecule has 0 radical (unpaired) electrons. The summed E-state index contributed by atoms with van der Waals surface area (Å²) in [5, 5.41) is 1.72. The maximum absolute atomic E-state index is 11.5. The van der Waals surface area contributed by atoms with Crippen LogP contribution in [0.2, 0.25) is 5.02 Å². The first-order valence-electron chi connectivity index (χ1n) is 4.42. The highest BCUT2D eigenvalue weighted by atomic mass is 35.5. The summed E-state index contributed by atoms with van der Waals surface area (Å²) in [5.41, 5.74) is 0. The summed E-state index contributed by atoms with van der Waals surface area (Å²) < 4.78 is 22.2. The summed E-state index contributed by atoms with van der Waals surface area (Å²) in [6.07, 6.45) is 2.37. The number of sulfone groups is 1. The van der Waals surface area contributed by atoms with E-state index >= 15 is 0 Å². The van der Waals surface area contributed by atoms with E-state index in [1.54, 1.807) is 6.07 Å². The lowest BCUT2D eigenvalue weighted by Crippen LogP contribution is -2.32. The summed E-state index contributed by atoms with van der Waals surface area (Å²) in [6, 6.07) is 3.05. The highest BCUT2D eigenvalue weighted by Gasteiger charge is 2.23. The molecule has 1 aromatic rings. The fourth-order valence-corrected chi connectivity index (χ4v) is 1.43. The number of nitrogens with one attached hydrogen (secondary N) is 1. The molecule has 0 saturated carbocycles. The van der Waals surface area contributed by atoms with Crippen molar-refractivity contribution in [3.63, 3.8) is 0 Å². The van der Waals surface area contributed by atoms with Crippen LogP contribution in [-0.2, 0) is 14.6 Å². The Balaban J connectivity index is 2.76. The quantitative estimate of drug-likeness (QED) is 0.885. The molecule has 0 aliphatic carbocycles. The van der Waals surface area contributed by atoms with Gasteiger partial charge in [0.15, 0.2) is 9.84 Å². The lowest BCUT2D eigenvalue weighted by Gasteiger charge is -2.09. The van der Waals surface area contributed by atoms with Crippen LogP contribution in [0.5, 0.6) is 0 Å². The van der Waals surface area contributed by atoms with Crippen molar-refractivity contribution >= 4 is 33.2 Å². The van der Waals surface area contributed by atoms with Crippen LogP contribution in [0.25, 0.3) is 0 Å². The predicted molar refractivity (Wildman–Crippen MR) is 62.2 cm³/mol. The minimum atomic E-state index is -3.40. The monoisotopic (exact) mass is 262 g/mol. The van der Waals surface area contributed by atoms with Gasteiger partial charge in [0.25, 0.3) is 0 Å². The number of carbonyl (C=O) groups excluding carboxylic acids is 1. The van der Waals surface area contributed by atoms with E-state index < -0.39 is 21.0 Å². The van der Waals surface area contributed by atoms with Crippen molar-refractivity contribution in [1.29, 1.82) is 0 Å². The van der Waals surface area contributed by atoms with E-state index in [0.29, 0.717) is 5.02 Å². The van der Waals surface area contributed by atoms with Crippen LogP contribution in [0.15, 0.2) is 18.3 Å². The third-order valence-corrected chi connectivity index (χ3v) is 3.71. The molecular formula is C9H11ClN2O3S. The predicted octanol–water partition coefficient (Wildman–Crippen LogP) is 1.11. The van der Waals surface area contributed by atoms with Gasteiger partial charge >= 0.3 is 0 Å². The minimum Gasteiger partial charge on any atom is -0.310 e. The number of rotatable bonds is 3. The van der Waals surface area contributed by atoms with Gasteiger partial charge in [0.05, 0.1) is 5.02 Å². The molecule has 88 valence electrons. The molecule has 0 aliphatic rings. The summed E-state index contributed by atoms with van der Waals surface area (Å²) in [5.74, 6) is -0.345. The third kappa shape index (κ3) is 3.46. The zero-order chi connectivity index (χ0) is 12.3. The fraction of sp³-hybridized carbons (Fsp3) is 0.333. The molecule has 16 heavy (non-hydrogen) atoms. The largest absolute Gasteiger partial charge is 0.310 e. The number of halogens is 1. The number of amides is 1. The standard InChI is InChI=1S/C9H11ClN2O3S/c1-6(16(2,14)15)9(13)12-8-4-3-7(10)5-11-8/h3-6H,1-2H3,(H,11,12,13). The van der Waals surface area contributed by atoms with Crippen molar-refractivity contribution in [2.75, 3.05) is 11.6 Å². The summed E-state index contributed by atoms with van der Waals surface area (Å²) in [7, 11) is -3.40. The maximum Gasteiger partial charge on any atom is 0.243 e. The SMILES string of the molecule is CC(C(=O)Nc1ccc(Cl)cn1)S(C)(=O)=O. The Morgan fingerprint density at radius 3 is 2.56 bits per heavy atom. The normalized spacial score (nSPS) is 13.2. The zero-order valence-corrected chi connectivity index (χ0v) is 10.3. The number of pyridine rings is 1. The molecule has 0 saturated heterocycles. The number of hydrogen-bond donors (Lipinski definition) is 1. The van der Waals surface area contributed by atoms with E-state index in [4.69, 9.17) is 11.6 Å². The van der Waals surface area contributed by atoms with Crippen LogP contribution in [0, 0.1) is 0 Å². The van der Waals surface area contributed by atoms with E-state index in [2.05, 4.69) is 10.3 Å². The van der Waals surface area contributed by atoms with Crippen molar-refractivity contribution in [2.24, 2.45) is 0 Å². The zero-order valence-electron chi connectivity index (χ0n) is 8.77. The van der Waals surface area contributed by atoms with E-state index in [-0.39, 0.29) is 5.82 Å². The van der Waals surface area contributed by atoms with Gasteiger partial charge in [-0.05, 0) is 19.1 Å². The van der Waals surface area contributed by atoms with Crippen LogP contribution in [0.4, 0.5) is 5.82 Å². The molecule has 5 nitrogen and oxygen atoms in total. The average Bonchev–Trinajstić information content (AvgIpc) is 2.19. The molecular weight excluding hydrogens is 252 g/mol. The molecule has 0 spiro atoms. The number of hydrogen-bond acceptors (Lipinski definition) is 4. The fourth-order valence-electron chi connectivity index (χ4n) is 0.872. The smallest absolute Gasteiger partial charge is 0.243 e. The number of nitrogens with zero attached hydrogens (tertiary/aromatic N) is 1. The van der Waals surface area contributed by atoms with E-state index in [9.17, 15) is 13.2 Å². The number of anilines is 1. The highest BCUT2D eigenvalue weighted by molar-refractivity contribution is 7.92. The van der Waals surface area contributed by atoms with Gasteiger partial charge in [-0.25, -0.2) is 13.4 Å². The molecule has 0 bridgehead atoms. The Hall–Kier alpha value is -1.14.